The van der Waals surface area contributed by atoms with Gasteiger partial charge >= 0.3 is 0 Å². The maximum absolute atomic E-state index is 5.78. The molecule has 2 aromatic heterocycles. The summed E-state index contributed by atoms with van der Waals surface area (Å²) in [6.45, 7) is 1.77. The van der Waals surface area contributed by atoms with Crippen LogP contribution >= 0.6 is 0 Å². The van der Waals surface area contributed by atoms with E-state index in [9.17, 15) is 0 Å². The van der Waals surface area contributed by atoms with E-state index < -0.39 is 0 Å². The number of H-pyrrole nitrogens is 1. The van der Waals surface area contributed by atoms with Gasteiger partial charge in [0, 0.05) is 13.0 Å². The Balaban J connectivity index is 1.78. The van der Waals surface area contributed by atoms with Crippen LogP contribution in [0.2, 0.25) is 0 Å². The number of nitrogens with zero attached hydrogens (tertiary/aromatic N) is 2. The smallest absolute Gasteiger partial charge is 0.241 e. The zero-order chi connectivity index (χ0) is 12.1. The zero-order valence-corrected chi connectivity index (χ0v) is 9.56. The lowest BCUT2D eigenvalue weighted by molar-refractivity contribution is -0.695. The van der Waals surface area contributed by atoms with Gasteiger partial charge in [-0.25, -0.2) is 9.55 Å². The fraction of sp³-hybridized carbons (Fsp3) is 0.273. The number of imidazole rings is 1. The number of nitrogen functional groups attached to an aromatic ring is 2. The quantitative estimate of drug-likeness (QED) is 0.443. The maximum atomic E-state index is 5.78. The summed E-state index contributed by atoms with van der Waals surface area (Å²) >= 11 is 0. The third-order valence-corrected chi connectivity index (χ3v) is 2.43. The molecule has 0 spiro atoms. The van der Waals surface area contributed by atoms with E-state index in [0.29, 0.717) is 17.2 Å². The van der Waals surface area contributed by atoms with E-state index in [-0.39, 0.29) is 0 Å². The molecule has 6 nitrogen and oxygen atoms in total. The maximum Gasteiger partial charge on any atom is 0.241 e. The molecule has 0 saturated carbocycles. The summed E-state index contributed by atoms with van der Waals surface area (Å²) in [6, 6.07) is 1.70. The number of pyridine rings is 1. The molecule has 6 N–H and O–H groups in total. The Kier molecular flexibility index (Phi) is 3.44. The number of rotatable bonds is 5. The van der Waals surface area contributed by atoms with Crippen molar-refractivity contribution in [3.05, 3.63) is 31.0 Å². The average Bonchev–Trinajstić information content (AvgIpc) is 2.79. The average molecular weight is 233 g/mol. The largest absolute Gasteiger partial charge is 0.397 e. The van der Waals surface area contributed by atoms with Crippen LogP contribution in [0, 0.1) is 0 Å². The normalized spacial score (nSPS) is 10.4. The van der Waals surface area contributed by atoms with Crippen molar-refractivity contribution < 1.29 is 4.57 Å². The fourth-order valence-corrected chi connectivity index (χ4v) is 1.57. The molecule has 0 aliphatic rings. The summed E-state index contributed by atoms with van der Waals surface area (Å²) in [6.07, 6.45) is 8.41. The van der Waals surface area contributed by atoms with E-state index in [4.69, 9.17) is 11.5 Å². The van der Waals surface area contributed by atoms with Gasteiger partial charge < -0.3 is 16.8 Å². The lowest BCUT2D eigenvalue weighted by atomic mass is 10.3. The van der Waals surface area contributed by atoms with Crippen molar-refractivity contribution in [3.8, 4) is 0 Å². The molecule has 90 valence electrons. The van der Waals surface area contributed by atoms with Crippen LogP contribution in [-0.2, 0) is 6.54 Å². The predicted molar refractivity (Wildman–Crippen MR) is 67.2 cm³/mol. The van der Waals surface area contributed by atoms with Crippen LogP contribution in [0.5, 0.6) is 0 Å². The van der Waals surface area contributed by atoms with Gasteiger partial charge in [0.1, 0.15) is 18.2 Å². The number of aryl methyl sites for hydroxylation is 1. The predicted octanol–water partition coefficient (Wildman–Crippen LogP) is 0.364. The highest BCUT2D eigenvalue weighted by Crippen LogP contribution is 2.16. The van der Waals surface area contributed by atoms with Crippen LogP contribution in [-0.4, -0.2) is 16.5 Å². The molecule has 0 aromatic carbocycles. The molecule has 0 atom stereocenters. The first-order chi connectivity index (χ1) is 8.25. The SMILES string of the molecule is Nc1cnc(NCCC[n+]2cc[nH]c2)c(N)c1. The van der Waals surface area contributed by atoms with E-state index in [2.05, 4.69) is 19.9 Å². The lowest BCUT2D eigenvalue weighted by Gasteiger charge is -2.07. The Labute approximate surface area is 99.7 Å². The number of aromatic amines is 1. The van der Waals surface area contributed by atoms with Gasteiger partial charge in [-0.15, -0.1) is 0 Å². The Morgan fingerprint density at radius 3 is 3.00 bits per heavy atom. The Hall–Kier alpha value is -2.24. The molecule has 0 bridgehead atoms. The van der Waals surface area contributed by atoms with E-state index in [1.165, 1.54) is 0 Å². The Morgan fingerprint density at radius 1 is 1.41 bits per heavy atom. The third-order valence-electron chi connectivity index (χ3n) is 2.43. The van der Waals surface area contributed by atoms with Gasteiger partial charge in [-0.05, 0) is 6.07 Å². The summed E-state index contributed by atoms with van der Waals surface area (Å²) < 4.78 is 2.08. The highest BCUT2D eigenvalue weighted by molar-refractivity contribution is 5.65. The molecular formula is C11H17N6+. The molecule has 0 amide bonds. The molecule has 17 heavy (non-hydrogen) atoms. The molecule has 0 aliphatic heterocycles. The minimum absolute atomic E-state index is 0.580. The minimum atomic E-state index is 0.580. The number of nitrogens with one attached hydrogen (secondary N) is 2. The van der Waals surface area contributed by atoms with Gasteiger partial charge in [-0.2, -0.15) is 0 Å². The molecule has 0 saturated heterocycles. The second-order valence-electron chi connectivity index (χ2n) is 3.84. The summed E-state index contributed by atoms with van der Waals surface area (Å²) in [5, 5.41) is 3.19. The first-order valence-corrected chi connectivity index (χ1v) is 5.52. The number of hydrogen-bond donors (Lipinski definition) is 4. The van der Waals surface area contributed by atoms with Gasteiger partial charge in [0.05, 0.1) is 24.1 Å². The van der Waals surface area contributed by atoms with Gasteiger partial charge in [-0.3, -0.25) is 4.98 Å². The van der Waals surface area contributed by atoms with E-state index in [1.807, 2.05) is 18.7 Å². The summed E-state index contributed by atoms with van der Waals surface area (Å²) in [7, 11) is 0. The molecule has 2 aromatic rings. The molecule has 2 rings (SSSR count). The van der Waals surface area contributed by atoms with Crippen LogP contribution in [0.3, 0.4) is 0 Å². The molecule has 0 fully saturated rings. The van der Waals surface area contributed by atoms with Crippen LogP contribution in [0.1, 0.15) is 6.42 Å². The van der Waals surface area contributed by atoms with Gasteiger partial charge in [0.25, 0.3) is 0 Å². The van der Waals surface area contributed by atoms with Crippen molar-refractivity contribution >= 4 is 17.2 Å². The van der Waals surface area contributed by atoms with Gasteiger partial charge in [0.2, 0.25) is 6.33 Å². The van der Waals surface area contributed by atoms with Crippen LogP contribution in [0.25, 0.3) is 0 Å². The fourth-order valence-electron chi connectivity index (χ4n) is 1.57. The third kappa shape index (κ3) is 3.10. The van der Waals surface area contributed by atoms with Crippen molar-refractivity contribution in [1.82, 2.24) is 9.97 Å². The molecule has 0 radical (unpaired) electrons. The Morgan fingerprint density at radius 2 is 2.29 bits per heavy atom. The lowest BCUT2D eigenvalue weighted by Crippen LogP contribution is -2.31. The highest BCUT2D eigenvalue weighted by atomic mass is 15.0. The summed E-state index contributed by atoms with van der Waals surface area (Å²) in [5.74, 6) is 0.693. The molecule has 0 unspecified atom stereocenters. The van der Waals surface area contributed by atoms with E-state index in [1.54, 1.807) is 12.3 Å². The molecule has 0 aliphatic carbocycles. The topological polar surface area (TPSA) is 96.6 Å². The van der Waals surface area contributed by atoms with Crippen LogP contribution in [0.4, 0.5) is 17.2 Å². The van der Waals surface area contributed by atoms with E-state index >= 15 is 0 Å². The molecule has 2 heterocycles. The van der Waals surface area contributed by atoms with Gasteiger partial charge in [0.15, 0.2) is 0 Å². The van der Waals surface area contributed by atoms with Crippen molar-refractivity contribution in [2.75, 3.05) is 23.3 Å². The highest BCUT2D eigenvalue weighted by Gasteiger charge is 2.01. The molecule has 6 heteroatoms. The first kappa shape index (κ1) is 11.3. The minimum Gasteiger partial charge on any atom is -0.397 e. The van der Waals surface area contributed by atoms with Crippen LogP contribution < -0.4 is 21.4 Å². The second kappa shape index (κ2) is 5.20. The van der Waals surface area contributed by atoms with Crippen LogP contribution in [0.15, 0.2) is 31.0 Å². The second-order valence-corrected chi connectivity index (χ2v) is 3.84. The van der Waals surface area contributed by atoms with E-state index in [0.717, 1.165) is 19.5 Å². The van der Waals surface area contributed by atoms with Crippen molar-refractivity contribution in [3.63, 3.8) is 0 Å². The van der Waals surface area contributed by atoms with Crippen molar-refractivity contribution in [2.24, 2.45) is 0 Å². The number of aromatic nitrogens is 3. The first-order valence-electron chi connectivity index (χ1n) is 5.52. The summed E-state index contributed by atoms with van der Waals surface area (Å²) in [5.41, 5.74) is 12.5. The summed E-state index contributed by atoms with van der Waals surface area (Å²) in [4.78, 5) is 7.14. The standard InChI is InChI=1S/C11H16N6/c12-9-6-10(13)11(16-7-9)15-2-1-4-17-5-3-14-8-17/h3,5-8H,1-2,4,12-13H2,(H,15,16)/p+1. The number of anilines is 3. The van der Waals surface area contributed by atoms with Gasteiger partial charge in [-0.1, -0.05) is 0 Å². The monoisotopic (exact) mass is 233 g/mol. The van der Waals surface area contributed by atoms with Crippen molar-refractivity contribution in [1.29, 1.82) is 0 Å². The Bertz CT molecular complexity index is 465. The number of hydrogen-bond acceptors (Lipinski definition) is 4. The zero-order valence-electron chi connectivity index (χ0n) is 9.56. The van der Waals surface area contributed by atoms with Crippen molar-refractivity contribution in [2.45, 2.75) is 13.0 Å². The molecular weight excluding hydrogens is 216 g/mol. The number of nitrogens with two attached hydrogens (primary N) is 2.